The van der Waals surface area contributed by atoms with Gasteiger partial charge in [-0.1, -0.05) is 15.9 Å². The van der Waals surface area contributed by atoms with Crippen LogP contribution in [0.25, 0.3) is 0 Å². The first-order valence-electron chi connectivity index (χ1n) is 4.50. The quantitative estimate of drug-likeness (QED) is 0.760. The predicted octanol–water partition coefficient (Wildman–Crippen LogP) is 3.24. The Kier molecular flexibility index (Phi) is 3.69. The lowest BCUT2D eigenvalue weighted by molar-refractivity contribution is 0.0526. The van der Waals surface area contributed by atoms with Crippen molar-refractivity contribution in [1.82, 2.24) is 0 Å². The smallest absolute Gasteiger partial charge is 0.338 e. The van der Waals surface area contributed by atoms with Crippen LogP contribution < -0.4 is 0 Å². The Morgan fingerprint density at radius 2 is 2.07 bits per heavy atom. The van der Waals surface area contributed by atoms with Gasteiger partial charge < -0.3 is 4.74 Å². The highest BCUT2D eigenvalue weighted by Crippen LogP contribution is 2.22. The lowest BCUT2D eigenvalue weighted by Crippen LogP contribution is -2.05. The Balaban J connectivity index is 3.06. The largest absolute Gasteiger partial charge is 0.462 e. The summed E-state index contributed by atoms with van der Waals surface area (Å²) in [4.78, 5) is 11.4. The monoisotopic (exact) mass is 256 g/mol. The molecule has 0 spiro atoms. The fourth-order valence-corrected chi connectivity index (χ4v) is 1.71. The number of carbonyl (C=O) groups is 1. The van der Waals surface area contributed by atoms with E-state index in [9.17, 15) is 4.79 Å². The molecule has 0 aliphatic carbocycles. The molecule has 0 radical (unpaired) electrons. The van der Waals surface area contributed by atoms with Crippen molar-refractivity contribution in [3.05, 3.63) is 33.3 Å². The van der Waals surface area contributed by atoms with Gasteiger partial charge in [0, 0.05) is 4.47 Å². The Morgan fingerprint density at radius 3 is 2.57 bits per heavy atom. The highest BCUT2D eigenvalue weighted by Gasteiger charge is 2.09. The fourth-order valence-electron chi connectivity index (χ4n) is 1.15. The Morgan fingerprint density at radius 1 is 1.43 bits per heavy atom. The minimum Gasteiger partial charge on any atom is -0.462 e. The van der Waals surface area contributed by atoms with E-state index < -0.39 is 0 Å². The zero-order valence-corrected chi connectivity index (χ0v) is 10.1. The van der Waals surface area contributed by atoms with Crippen molar-refractivity contribution < 1.29 is 9.53 Å². The van der Waals surface area contributed by atoms with Gasteiger partial charge in [0.25, 0.3) is 0 Å². The molecular formula is C11H13BrO2. The van der Waals surface area contributed by atoms with Crippen molar-refractivity contribution in [3.63, 3.8) is 0 Å². The number of rotatable bonds is 2. The van der Waals surface area contributed by atoms with Crippen LogP contribution in [-0.4, -0.2) is 12.6 Å². The Hall–Kier alpha value is -0.830. The molecule has 3 heteroatoms. The van der Waals surface area contributed by atoms with Crippen molar-refractivity contribution in [2.75, 3.05) is 6.61 Å². The van der Waals surface area contributed by atoms with Gasteiger partial charge >= 0.3 is 5.97 Å². The van der Waals surface area contributed by atoms with Crippen LogP contribution >= 0.6 is 15.9 Å². The van der Waals surface area contributed by atoms with Gasteiger partial charge in [0.05, 0.1) is 12.2 Å². The van der Waals surface area contributed by atoms with E-state index in [2.05, 4.69) is 15.9 Å². The Labute approximate surface area is 92.4 Å². The maximum Gasteiger partial charge on any atom is 0.338 e. The molecule has 0 aliphatic heterocycles. The normalized spacial score (nSPS) is 10.0. The molecule has 14 heavy (non-hydrogen) atoms. The molecule has 0 fully saturated rings. The van der Waals surface area contributed by atoms with Gasteiger partial charge in [-0.25, -0.2) is 4.79 Å². The molecule has 1 aromatic carbocycles. The first kappa shape index (κ1) is 11.2. The van der Waals surface area contributed by atoms with Gasteiger partial charge in [0.2, 0.25) is 0 Å². The number of ether oxygens (including phenoxy) is 1. The molecule has 76 valence electrons. The van der Waals surface area contributed by atoms with Gasteiger partial charge in [-0.3, -0.25) is 0 Å². The van der Waals surface area contributed by atoms with Crippen LogP contribution in [0.1, 0.15) is 28.4 Å². The van der Waals surface area contributed by atoms with Gasteiger partial charge in [-0.2, -0.15) is 0 Å². The van der Waals surface area contributed by atoms with Crippen LogP contribution in [0.15, 0.2) is 16.6 Å². The number of esters is 1. The topological polar surface area (TPSA) is 26.3 Å². The van der Waals surface area contributed by atoms with Crippen LogP contribution in [-0.2, 0) is 4.74 Å². The second-order valence-corrected chi connectivity index (χ2v) is 3.97. The number of carbonyl (C=O) groups excluding carboxylic acids is 1. The van der Waals surface area contributed by atoms with E-state index in [1.54, 1.807) is 13.0 Å². The highest BCUT2D eigenvalue weighted by molar-refractivity contribution is 9.10. The zero-order chi connectivity index (χ0) is 10.7. The fraction of sp³-hybridized carbons (Fsp3) is 0.364. The van der Waals surface area contributed by atoms with Crippen LogP contribution in [0.2, 0.25) is 0 Å². The highest BCUT2D eigenvalue weighted by atomic mass is 79.9. The standard InChI is InChI=1S/C11H13BrO2/c1-4-14-11(13)9-5-7(2)8(3)10(12)6-9/h5-6H,4H2,1-3H3. The molecule has 0 bridgehead atoms. The van der Waals surface area contributed by atoms with Crippen molar-refractivity contribution in [3.8, 4) is 0 Å². The number of hydrogen-bond acceptors (Lipinski definition) is 2. The molecule has 0 amide bonds. The summed E-state index contributed by atoms with van der Waals surface area (Å²) in [5.41, 5.74) is 2.84. The van der Waals surface area contributed by atoms with Gasteiger partial charge in [0.15, 0.2) is 0 Å². The minimum atomic E-state index is -0.267. The first-order chi connectivity index (χ1) is 6.56. The number of benzene rings is 1. The van der Waals surface area contributed by atoms with Crippen molar-refractivity contribution in [1.29, 1.82) is 0 Å². The van der Waals surface area contributed by atoms with Crippen LogP contribution in [0.3, 0.4) is 0 Å². The molecule has 0 saturated heterocycles. The molecule has 0 saturated carbocycles. The number of halogens is 1. The molecule has 2 nitrogen and oxygen atoms in total. The average Bonchev–Trinajstić information content (AvgIpc) is 2.13. The van der Waals surface area contributed by atoms with E-state index in [1.807, 2.05) is 19.9 Å². The number of aryl methyl sites for hydroxylation is 1. The van der Waals surface area contributed by atoms with E-state index in [0.717, 1.165) is 15.6 Å². The van der Waals surface area contributed by atoms with Crippen LogP contribution in [0, 0.1) is 13.8 Å². The maximum atomic E-state index is 11.4. The van der Waals surface area contributed by atoms with E-state index >= 15 is 0 Å². The molecule has 0 aliphatic rings. The van der Waals surface area contributed by atoms with Gasteiger partial charge in [0.1, 0.15) is 0 Å². The zero-order valence-electron chi connectivity index (χ0n) is 8.56. The third-order valence-electron chi connectivity index (χ3n) is 2.12. The molecule has 0 N–H and O–H groups in total. The Bertz CT molecular complexity index is 335. The van der Waals surface area contributed by atoms with E-state index in [-0.39, 0.29) is 5.97 Å². The molecular weight excluding hydrogens is 244 g/mol. The molecule has 0 unspecified atom stereocenters. The summed E-state index contributed by atoms with van der Waals surface area (Å²) in [5.74, 6) is -0.267. The summed E-state index contributed by atoms with van der Waals surface area (Å²) in [6, 6.07) is 3.64. The molecule has 0 aromatic heterocycles. The summed E-state index contributed by atoms with van der Waals surface area (Å²) in [7, 11) is 0. The van der Waals surface area contributed by atoms with Crippen molar-refractivity contribution >= 4 is 21.9 Å². The summed E-state index contributed by atoms with van der Waals surface area (Å²) >= 11 is 3.41. The summed E-state index contributed by atoms with van der Waals surface area (Å²) in [6.07, 6.45) is 0. The van der Waals surface area contributed by atoms with Crippen LogP contribution in [0.4, 0.5) is 0 Å². The van der Waals surface area contributed by atoms with Gasteiger partial charge in [-0.15, -0.1) is 0 Å². The summed E-state index contributed by atoms with van der Waals surface area (Å²) in [6.45, 7) is 6.19. The van der Waals surface area contributed by atoms with Gasteiger partial charge in [-0.05, 0) is 44.0 Å². The lowest BCUT2D eigenvalue weighted by Gasteiger charge is -2.07. The van der Waals surface area contributed by atoms with Crippen molar-refractivity contribution in [2.24, 2.45) is 0 Å². The molecule has 0 atom stereocenters. The summed E-state index contributed by atoms with van der Waals surface area (Å²) < 4.78 is 5.86. The SMILES string of the molecule is CCOC(=O)c1cc(C)c(C)c(Br)c1. The second kappa shape index (κ2) is 4.60. The third-order valence-corrected chi connectivity index (χ3v) is 2.94. The first-order valence-corrected chi connectivity index (χ1v) is 5.29. The lowest BCUT2D eigenvalue weighted by atomic mass is 10.1. The van der Waals surface area contributed by atoms with E-state index in [1.165, 1.54) is 0 Å². The minimum absolute atomic E-state index is 0.267. The third kappa shape index (κ3) is 2.35. The van der Waals surface area contributed by atoms with E-state index in [4.69, 9.17) is 4.74 Å². The molecule has 1 rings (SSSR count). The maximum absolute atomic E-state index is 11.4. The average molecular weight is 257 g/mol. The summed E-state index contributed by atoms with van der Waals surface area (Å²) in [5, 5.41) is 0. The van der Waals surface area contributed by atoms with E-state index in [0.29, 0.717) is 12.2 Å². The molecule has 0 heterocycles. The van der Waals surface area contributed by atoms with Crippen LogP contribution in [0.5, 0.6) is 0 Å². The number of hydrogen-bond donors (Lipinski definition) is 0. The molecule has 1 aromatic rings. The second-order valence-electron chi connectivity index (χ2n) is 3.12. The van der Waals surface area contributed by atoms with Crippen molar-refractivity contribution in [2.45, 2.75) is 20.8 Å². The predicted molar refractivity (Wildman–Crippen MR) is 59.6 cm³/mol.